The largest absolute Gasteiger partial charge is 0.374 e. The fourth-order valence-electron chi connectivity index (χ4n) is 2.96. The van der Waals surface area contributed by atoms with Crippen molar-refractivity contribution >= 4 is 23.0 Å². The van der Waals surface area contributed by atoms with Crippen molar-refractivity contribution in [2.45, 2.75) is 20.0 Å². The van der Waals surface area contributed by atoms with E-state index in [-0.39, 0.29) is 12.1 Å². The minimum absolute atomic E-state index is 0.0268. The number of nitrogens with zero attached hydrogens (tertiary/aromatic N) is 2. The van der Waals surface area contributed by atoms with Crippen LogP contribution in [0.15, 0.2) is 24.3 Å². The van der Waals surface area contributed by atoms with Crippen molar-refractivity contribution in [1.82, 2.24) is 20.2 Å². The van der Waals surface area contributed by atoms with Crippen LogP contribution in [0.3, 0.4) is 0 Å². The van der Waals surface area contributed by atoms with Crippen molar-refractivity contribution < 1.29 is 9.53 Å². The molecule has 3 rings (SSSR count). The highest BCUT2D eigenvalue weighted by Crippen LogP contribution is 2.13. The molecule has 1 aromatic carbocycles. The lowest BCUT2D eigenvalue weighted by Crippen LogP contribution is -2.48. The van der Waals surface area contributed by atoms with Gasteiger partial charge in [-0.3, -0.25) is 10.2 Å². The zero-order valence-electron chi connectivity index (χ0n) is 14.2. The molecule has 0 aliphatic carbocycles. The van der Waals surface area contributed by atoms with Crippen LogP contribution in [0.4, 0.5) is 10.7 Å². The Bertz CT molecular complexity index is 651. The highest BCUT2D eigenvalue weighted by Gasteiger charge is 2.21. The number of imidazole rings is 1. The van der Waals surface area contributed by atoms with E-state index in [0.29, 0.717) is 25.0 Å². The molecule has 0 spiro atoms. The molecule has 130 valence electrons. The summed E-state index contributed by atoms with van der Waals surface area (Å²) in [6, 6.07) is 7.38. The van der Waals surface area contributed by atoms with Crippen LogP contribution in [0.1, 0.15) is 13.8 Å². The number of para-hydroxylation sites is 2. The number of fused-ring (bicyclic) bond motifs is 1. The van der Waals surface area contributed by atoms with Gasteiger partial charge in [-0.25, -0.2) is 9.78 Å². The average Bonchev–Trinajstić information content (AvgIpc) is 2.95. The second kappa shape index (κ2) is 7.63. The summed E-state index contributed by atoms with van der Waals surface area (Å²) in [6.45, 7) is 8.49. The molecule has 2 amide bonds. The van der Waals surface area contributed by atoms with Crippen LogP contribution >= 0.6 is 0 Å². The molecule has 2 aromatic rings. The Labute approximate surface area is 141 Å². The van der Waals surface area contributed by atoms with Gasteiger partial charge in [0.1, 0.15) is 0 Å². The van der Waals surface area contributed by atoms with Gasteiger partial charge in [0.2, 0.25) is 5.95 Å². The number of ether oxygens (including phenoxy) is 1. The summed E-state index contributed by atoms with van der Waals surface area (Å²) < 4.78 is 5.73. The molecular formula is C17H25N5O2. The third-order valence-corrected chi connectivity index (χ3v) is 3.96. The highest BCUT2D eigenvalue weighted by molar-refractivity contribution is 5.89. The maximum Gasteiger partial charge on any atom is 0.321 e. The molecule has 1 aliphatic heterocycles. The second-order valence-electron chi connectivity index (χ2n) is 6.58. The van der Waals surface area contributed by atoms with Gasteiger partial charge in [0.05, 0.1) is 23.7 Å². The number of aromatic nitrogens is 2. The molecule has 3 N–H and O–H groups in total. The third kappa shape index (κ3) is 4.46. The number of aromatic amines is 1. The van der Waals surface area contributed by atoms with Gasteiger partial charge in [-0.2, -0.15) is 0 Å². The number of H-pyrrole nitrogens is 1. The van der Waals surface area contributed by atoms with Gasteiger partial charge in [-0.15, -0.1) is 0 Å². The van der Waals surface area contributed by atoms with Crippen molar-refractivity contribution in [3.05, 3.63) is 24.3 Å². The summed E-state index contributed by atoms with van der Waals surface area (Å²) >= 11 is 0. The summed E-state index contributed by atoms with van der Waals surface area (Å²) in [5.74, 6) is 1.08. The van der Waals surface area contributed by atoms with E-state index in [1.165, 1.54) is 0 Å². The number of hydrogen-bond donors (Lipinski definition) is 3. The number of urea groups is 1. The normalized spacial score (nSPS) is 18.9. The first kappa shape index (κ1) is 16.7. The fraction of sp³-hybridized carbons (Fsp3) is 0.529. The first-order valence-corrected chi connectivity index (χ1v) is 8.43. The Morgan fingerprint density at radius 3 is 3.08 bits per heavy atom. The second-order valence-corrected chi connectivity index (χ2v) is 6.58. The van der Waals surface area contributed by atoms with E-state index >= 15 is 0 Å². The van der Waals surface area contributed by atoms with Gasteiger partial charge in [-0.05, 0) is 18.1 Å². The number of carbonyl (C=O) groups is 1. The number of anilines is 1. The van der Waals surface area contributed by atoms with Crippen LogP contribution < -0.4 is 10.6 Å². The molecule has 1 aromatic heterocycles. The van der Waals surface area contributed by atoms with E-state index in [4.69, 9.17) is 4.74 Å². The molecular weight excluding hydrogens is 306 g/mol. The monoisotopic (exact) mass is 331 g/mol. The number of nitrogens with one attached hydrogen (secondary N) is 3. The van der Waals surface area contributed by atoms with Gasteiger partial charge in [0.25, 0.3) is 0 Å². The Morgan fingerprint density at radius 1 is 1.46 bits per heavy atom. The van der Waals surface area contributed by atoms with Crippen LogP contribution in [0.2, 0.25) is 0 Å². The summed E-state index contributed by atoms with van der Waals surface area (Å²) in [4.78, 5) is 21.8. The van der Waals surface area contributed by atoms with Crippen LogP contribution in [-0.4, -0.2) is 59.8 Å². The molecule has 0 radical (unpaired) electrons. The number of hydrogen-bond acceptors (Lipinski definition) is 4. The summed E-state index contributed by atoms with van der Waals surface area (Å²) in [5, 5.41) is 5.59. The van der Waals surface area contributed by atoms with Gasteiger partial charge in [0, 0.05) is 26.2 Å². The summed E-state index contributed by atoms with van der Waals surface area (Å²) in [5.41, 5.74) is 1.72. The lowest BCUT2D eigenvalue weighted by Gasteiger charge is -2.33. The maximum absolute atomic E-state index is 12.0. The minimum atomic E-state index is -0.279. The third-order valence-electron chi connectivity index (χ3n) is 3.96. The number of amides is 2. The Kier molecular flexibility index (Phi) is 5.32. The first-order chi connectivity index (χ1) is 11.6. The smallest absolute Gasteiger partial charge is 0.321 e. The van der Waals surface area contributed by atoms with Crippen molar-refractivity contribution in [2.75, 3.05) is 38.1 Å². The van der Waals surface area contributed by atoms with Crippen molar-refractivity contribution in [3.63, 3.8) is 0 Å². The van der Waals surface area contributed by atoms with Crippen LogP contribution in [-0.2, 0) is 4.74 Å². The molecule has 1 fully saturated rings. The average molecular weight is 331 g/mol. The summed E-state index contributed by atoms with van der Waals surface area (Å²) in [7, 11) is 0. The number of carbonyl (C=O) groups excluding carboxylic acids is 1. The predicted molar refractivity (Wildman–Crippen MR) is 94.1 cm³/mol. The Morgan fingerprint density at radius 2 is 2.29 bits per heavy atom. The lowest BCUT2D eigenvalue weighted by atomic mass is 10.2. The predicted octanol–water partition coefficient (Wildman–Crippen LogP) is 2.04. The fourth-order valence-corrected chi connectivity index (χ4v) is 2.96. The first-order valence-electron chi connectivity index (χ1n) is 8.43. The lowest BCUT2D eigenvalue weighted by molar-refractivity contribution is -0.0288. The molecule has 7 nitrogen and oxygen atoms in total. The standard InChI is InChI=1S/C17H25N5O2/c1-12(2)10-22-7-8-24-13(11-22)9-18-17(23)21-16-19-14-5-3-4-6-15(14)20-16/h3-6,12-13H,7-11H2,1-2H3,(H3,18,19,20,21,23). The molecule has 0 bridgehead atoms. The van der Waals surface area contributed by atoms with Gasteiger partial charge >= 0.3 is 6.03 Å². The quantitative estimate of drug-likeness (QED) is 0.783. The SMILES string of the molecule is CC(C)CN1CCOC(CNC(=O)Nc2nc3ccccc3[nH]2)C1. The molecule has 0 saturated carbocycles. The number of benzene rings is 1. The van der Waals surface area contributed by atoms with Crippen LogP contribution in [0.5, 0.6) is 0 Å². The molecule has 7 heteroatoms. The number of morpholine rings is 1. The topological polar surface area (TPSA) is 82.3 Å². The maximum atomic E-state index is 12.0. The van der Waals surface area contributed by atoms with E-state index in [1.54, 1.807) is 0 Å². The van der Waals surface area contributed by atoms with E-state index in [1.807, 2.05) is 24.3 Å². The highest BCUT2D eigenvalue weighted by atomic mass is 16.5. The van der Waals surface area contributed by atoms with E-state index in [0.717, 1.165) is 30.7 Å². The molecule has 24 heavy (non-hydrogen) atoms. The zero-order valence-corrected chi connectivity index (χ0v) is 14.2. The zero-order chi connectivity index (χ0) is 16.9. The van der Waals surface area contributed by atoms with E-state index in [9.17, 15) is 4.79 Å². The minimum Gasteiger partial charge on any atom is -0.374 e. The molecule has 1 saturated heterocycles. The molecule has 1 unspecified atom stereocenters. The van der Waals surface area contributed by atoms with Crippen LogP contribution in [0.25, 0.3) is 11.0 Å². The van der Waals surface area contributed by atoms with E-state index in [2.05, 4.69) is 39.3 Å². The van der Waals surface area contributed by atoms with Gasteiger partial charge in [0.15, 0.2) is 0 Å². The van der Waals surface area contributed by atoms with E-state index < -0.39 is 0 Å². The summed E-state index contributed by atoms with van der Waals surface area (Å²) in [6.07, 6.45) is 0.0268. The molecule has 1 aliphatic rings. The van der Waals surface area contributed by atoms with Crippen molar-refractivity contribution in [1.29, 1.82) is 0 Å². The Hall–Kier alpha value is -2.12. The number of rotatable bonds is 5. The van der Waals surface area contributed by atoms with Crippen molar-refractivity contribution in [2.24, 2.45) is 5.92 Å². The Balaban J connectivity index is 1.46. The molecule has 2 heterocycles. The van der Waals surface area contributed by atoms with Gasteiger partial charge in [-0.1, -0.05) is 26.0 Å². The van der Waals surface area contributed by atoms with Crippen LogP contribution in [0, 0.1) is 5.92 Å². The molecule has 1 atom stereocenters. The van der Waals surface area contributed by atoms with Crippen molar-refractivity contribution in [3.8, 4) is 0 Å². The van der Waals surface area contributed by atoms with Gasteiger partial charge < -0.3 is 15.0 Å².